The van der Waals surface area contributed by atoms with Crippen LogP contribution in [-0.2, 0) is 9.78 Å². The summed E-state index contributed by atoms with van der Waals surface area (Å²) in [5.41, 5.74) is -0.411. The van der Waals surface area contributed by atoms with Gasteiger partial charge in [-0.25, -0.2) is 4.89 Å². The molecule has 0 fully saturated rings. The summed E-state index contributed by atoms with van der Waals surface area (Å²) < 4.78 is 0. The van der Waals surface area contributed by atoms with Gasteiger partial charge >= 0.3 is 0 Å². The summed E-state index contributed by atoms with van der Waals surface area (Å²) in [6.07, 6.45) is 2.91. The molecule has 0 saturated carbocycles. The zero-order valence-electron chi connectivity index (χ0n) is 10.7. The van der Waals surface area contributed by atoms with Crippen molar-refractivity contribution in [3.05, 3.63) is 0 Å². The van der Waals surface area contributed by atoms with E-state index in [1.54, 1.807) is 0 Å². The number of hydrogen-bond donors (Lipinski definition) is 0. The molecule has 0 rings (SSSR count). The number of unbranched alkanes of at least 4 members (excludes halogenated alkanes) is 1. The van der Waals surface area contributed by atoms with Crippen LogP contribution in [0.25, 0.3) is 0 Å². The molecule has 0 saturated heterocycles. The molecule has 0 aromatic heterocycles. The Labute approximate surface area is 93.7 Å². The topological polar surface area (TPSA) is 41.5 Å². The summed E-state index contributed by atoms with van der Waals surface area (Å²) in [4.78, 5) is 9.94. The van der Waals surface area contributed by atoms with E-state index in [-0.39, 0.29) is 5.92 Å². The van der Waals surface area contributed by atoms with Crippen LogP contribution in [-0.4, -0.2) is 11.9 Å². The highest BCUT2D eigenvalue weighted by Crippen LogP contribution is 2.18. The monoisotopic (exact) mass is 217 g/mol. The van der Waals surface area contributed by atoms with E-state index in [4.69, 9.17) is 9.78 Å². The van der Waals surface area contributed by atoms with Crippen LogP contribution in [0.1, 0.15) is 60.3 Å². The zero-order valence-corrected chi connectivity index (χ0v) is 10.7. The molecule has 15 heavy (non-hydrogen) atoms. The van der Waals surface area contributed by atoms with E-state index in [1.165, 1.54) is 0 Å². The van der Waals surface area contributed by atoms with Crippen LogP contribution in [0.2, 0.25) is 0 Å². The molecule has 2 atom stereocenters. The van der Waals surface area contributed by atoms with Crippen LogP contribution in [0.3, 0.4) is 0 Å². The molecule has 92 valence electrons. The number of hydrogen-bond acceptors (Lipinski definition) is 3. The lowest BCUT2D eigenvalue weighted by molar-refractivity contribution is -0.582. The lowest BCUT2D eigenvalue weighted by atomic mass is 9.99. The summed E-state index contributed by atoms with van der Waals surface area (Å²) in [5.74, 6) is 0.0623. The molecule has 0 aliphatic heterocycles. The van der Waals surface area contributed by atoms with Gasteiger partial charge in [-0.2, -0.15) is 0 Å². The lowest BCUT2D eigenvalue weighted by Crippen LogP contribution is -2.38. The molecule has 3 heteroatoms. The summed E-state index contributed by atoms with van der Waals surface area (Å²) in [6, 6.07) is 0. The molecule has 3 nitrogen and oxygen atoms in total. The third-order valence-electron chi connectivity index (χ3n) is 2.23. The Kier molecular flexibility index (Phi) is 7.14. The maximum absolute atomic E-state index is 11.7. The van der Waals surface area contributed by atoms with E-state index in [0.29, 0.717) is 0 Å². The van der Waals surface area contributed by atoms with Crippen molar-refractivity contribution in [2.24, 2.45) is 5.92 Å². The SMILES string of the molecule is CCCCC(CC)C([O-])OOC(C)(C)C. The van der Waals surface area contributed by atoms with Crippen molar-refractivity contribution >= 4 is 0 Å². The first-order chi connectivity index (χ1) is 6.90. The molecule has 0 N–H and O–H groups in total. The van der Waals surface area contributed by atoms with Crippen LogP contribution in [0, 0.1) is 5.92 Å². The maximum atomic E-state index is 11.7. The Bertz CT molecular complexity index is 151. The summed E-state index contributed by atoms with van der Waals surface area (Å²) in [5, 5.41) is 11.7. The average molecular weight is 217 g/mol. The molecule has 0 amide bonds. The van der Waals surface area contributed by atoms with Crippen molar-refractivity contribution in [3.63, 3.8) is 0 Å². The molecule has 0 aliphatic carbocycles. The van der Waals surface area contributed by atoms with E-state index >= 15 is 0 Å². The van der Waals surface area contributed by atoms with Gasteiger partial charge in [0.1, 0.15) is 0 Å². The fourth-order valence-electron chi connectivity index (χ4n) is 1.27. The normalized spacial score (nSPS) is 16.4. The first-order valence-corrected chi connectivity index (χ1v) is 5.91. The molecule has 0 aliphatic rings. The van der Waals surface area contributed by atoms with E-state index in [1.807, 2.05) is 27.7 Å². The van der Waals surface area contributed by atoms with Crippen LogP contribution < -0.4 is 5.11 Å². The average Bonchev–Trinajstić information content (AvgIpc) is 2.15. The molecule has 2 unspecified atom stereocenters. The van der Waals surface area contributed by atoms with Crippen molar-refractivity contribution < 1.29 is 14.9 Å². The van der Waals surface area contributed by atoms with Crippen LogP contribution in [0.5, 0.6) is 0 Å². The minimum Gasteiger partial charge on any atom is -0.829 e. The predicted octanol–water partition coefficient (Wildman–Crippen LogP) is 2.64. The van der Waals surface area contributed by atoms with E-state index in [0.717, 1.165) is 25.7 Å². The third kappa shape index (κ3) is 7.77. The largest absolute Gasteiger partial charge is 0.829 e. The van der Waals surface area contributed by atoms with Gasteiger partial charge in [-0.05, 0) is 33.1 Å². The van der Waals surface area contributed by atoms with Gasteiger partial charge < -0.3 is 5.11 Å². The molecular weight excluding hydrogens is 192 g/mol. The van der Waals surface area contributed by atoms with Gasteiger partial charge in [0, 0.05) is 6.29 Å². The van der Waals surface area contributed by atoms with Gasteiger partial charge in [-0.15, -0.1) is 0 Å². The van der Waals surface area contributed by atoms with E-state index in [9.17, 15) is 5.11 Å². The van der Waals surface area contributed by atoms with Crippen molar-refractivity contribution in [2.45, 2.75) is 72.2 Å². The van der Waals surface area contributed by atoms with Crippen molar-refractivity contribution in [1.29, 1.82) is 0 Å². The zero-order chi connectivity index (χ0) is 11.9. The highest BCUT2D eigenvalue weighted by atomic mass is 17.2. The molecular formula is C12H25O3-. The van der Waals surface area contributed by atoms with Crippen molar-refractivity contribution in [2.75, 3.05) is 0 Å². The maximum Gasteiger partial charge on any atom is 0.0951 e. The second-order valence-electron chi connectivity index (χ2n) is 4.97. The second kappa shape index (κ2) is 7.20. The van der Waals surface area contributed by atoms with Crippen LogP contribution in [0.4, 0.5) is 0 Å². The molecule has 0 aromatic rings. The summed E-state index contributed by atoms with van der Waals surface area (Å²) in [6.45, 7) is 9.75. The third-order valence-corrected chi connectivity index (χ3v) is 2.23. The molecule has 0 aromatic carbocycles. The lowest BCUT2D eigenvalue weighted by Gasteiger charge is -2.32. The van der Waals surface area contributed by atoms with Gasteiger partial charge in [0.2, 0.25) is 0 Å². The standard InChI is InChI=1S/C12H25O3/c1-6-8-9-10(7-2)11(13)14-15-12(3,4)5/h10-11H,6-9H2,1-5H3/q-1. The van der Waals surface area contributed by atoms with Crippen LogP contribution >= 0.6 is 0 Å². The molecule has 0 radical (unpaired) electrons. The smallest absolute Gasteiger partial charge is 0.0951 e. The second-order valence-corrected chi connectivity index (χ2v) is 4.97. The Morgan fingerprint density at radius 1 is 1.20 bits per heavy atom. The van der Waals surface area contributed by atoms with Crippen LogP contribution in [0.15, 0.2) is 0 Å². The molecule has 0 spiro atoms. The van der Waals surface area contributed by atoms with Gasteiger partial charge in [-0.1, -0.05) is 33.1 Å². The highest BCUT2D eigenvalue weighted by Gasteiger charge is 2.16. The summed E-state index contributed by atoms with van der Waals surface area (Å²) in [7, 11) is 0. The van der Waals surface area contributed by atoms with Gasteiger partial charge in [0.25, 0.3) is 0 Å². The fourth-order valence-corrected chi connectivity index (χ4v) is 1.27. The highest BCUT2D eigenvalue weighted by molar-refractivity contribution is 4.59. The Morgan fingerprint density at radius 2 is 1.80 bits per heavy atom. The molecule has 0 heterocycles. The number of rotatable bonds is 7. The van der Waals surface area contributed by atoms with Crippen molar-refractivity contribution in [1.82, 2.24) is 0 Å². The Hall–Kier alpha value is -0.120. The van der Waals surface area contributed by atoms with Crippen molar-refractivity contribution in [3.8, 4) is 0 Å². The van der Waals surface area contributed by atoms with E-state index < -0.39 is 11.9 Å². The minimum absolute atomic E-state index is 0.0623. The first kappa shape index (κ1) is 14.9. The quantitative estimate of drug-likeness (QED) is 0.374. The Balaban J connectivity index is 3.87. The first-order valence-electron chi connectivity index (χ1n) is 5.91. The van der Waals surface area contributed by atoms with Gasteiger partial charge in [0.05, 0.1) is 5.60 Å². The Morgan fingerprint density at radius 3 is 2.20 bits per heavy atom. The fraction of sp³-hybridized carbons (Fsp3) is 1.00. The van der Waals surface area contributed by atoms with Gasteiger partial charge in [0.15, 0.2) is 0 Å². The molecule has 0 bridgehead atoms. The summed E-state index contributed by atoms with van der Waals surface area (Å²) >= 11 is 0. The minimum atomic E-state index is -1.05. The van der Waals surface area contributed by atoms with E-state index in [2.05, 4.69) is 6.92 Å². The van der Waals surface area contributed by atoms with Gasteiger partial charge in [-0.3, -0.25) is 4.89 Å². The predicted molar refractivity (Wildman–Crippen MR) is 59.0 cm³/mol.